The fraction of sp³-hybridized carbons (Fsp3) is 0.263. The maximum Gasteiger partial charge on any atom is 0.419 e. The smallest absolute Gasteiger partial charge is 0.410 e. The Kier molecular flexibility index (Phi) is 5.58. The highest BCUT2D eigenvalue weighted by Gasteiger charge is 2.30. The van der Waals surface area contributed by atoms with E-state index in [0.717, 1.165) is 34.5 Å². The second-order valence-electron chi connectivity index (χ2n) is 6.79. The summed E-state index contributed by atoms with van der Waals surface area (Å²) in [5, 5.41) is 0. The monoisotopic (exact) mass is 426 g/mol. The number of carbonyl (C=O) groups is 1. The molecule has 1 amide bonds. The zero-order valence-corrected chi connectivity index (χ0v) is 16.7. The van der Waals surface area contributed by atoms with E-state index >= 15 is 0 Å². The van der Waals surface area contributed by atoms with Crippen LogP contribution in [0.3, 0.4) is 0 Å². The maximum atomic E-state index is 12.8. The topological polar surface area (TPSA) is 42.4 Å². The number of rotatable bonds is 4. The molecule has 1 heterocycles. The molecule has 0 atom stereocenters. The molecule has 9 heteroatoms. The van der Waals surface area contributed by atoms with E-state index < -0.39 is 22.6 Å². The Morgan fingerprint density at radius 3 is 2.46 bits per heavy atom. The van der Waals surface area contributed by atoms with Gasteiger partial charge in [0.05, 0.1) is 21.3 Å². The number of ether oxygens (including phenoxy) is 1. The van der Waals surface area contributed by atoms with Gasteiger partial charge in [-0.25, -0.2) is 9.78 Å². The van der Waals surface area contributed by atoms with Crippen LogP contribution < -0.4 is 9.64 Å². The van der Waals surface area contributed by atoms with Gasteiger partial charge in [-0.2, -0.15) is 25.8 Å². The molecule has 0 unspecified atom stereocenters. The molecule has 148 valence electrons. The molecule has 0 radical (unpaired) electrons. The van der Waals surface area contributed by atoms with Gasteiger partial charge in [0.15, 0.2) is 0 Å². The van der Waals surface area contributed by atoms with E-state index in [2.05, 4.69) is 17.6 Å². The second kappa shape index (κ2) is 7.63. The summed E-state index contributed by atoms with van der Waals surface area (Å²) >= 11 is 5.93. The maximum absolute atomic E-state index is 12.8. The normalized spacial score (nSPS) is 12.2. The summed E-state index contributed by atoms with van der Waals surface area (Å²) < 4.78 is 43.8. The van der Waals surface area contributed by atoms with Crippen LogP contribution in [-0.4, -0.2) is 22.4 Å². The van der Waals surface area contributed by atoms with E-state index in [0.29, 0.717) is 5.69 Å². The van der Waals surface area contributed by atoms with Crippen LogP contribution in [0.5, 0.6) is 5.75 Å². The summed E-state index contributed by atoms with van der Waals surface area (Å²) in [6.45, 7) is 3.93. The van der Waals surface area contributed by atoms with E-state index in [4.69, 9.17) is 4.74 Å². The van der Waals surface area contributed by atoms with Crippen molar-refractivity contribution in [3.8, 4) is 5.75 Å². The number of alkyl halides is 3. The number of aromatic nitrogens is 1. The molecule has 0 saturated heterocycles. The number of anilines is 1. The van der Waals surface area contributed by atoms with Gasteiger partial charge in [0.1, 0.15) is 5.75 Å². The van der Waals surface area contributed by atoms with Crippen molar-refractivity contribution >= 4 is 46.0 Å². The minimum atomic E-state index is -4.45. The summed E-state index contributed by atoms with van der Waals surface area (Å²) in [5.74, 6) is 0.0267. The van der Waals surface area contributed by atoms with Crippen LogP contribution >= 0.6 is 24.0 Å². The van der Waals surface area contributed by atoms with Gasteiger partial charge in [0, 0.05) is 17.0 Å². The van der Waals surface area contributed by atoms with Gasteiger partial charge in [-0.1, -0.05) is 0 Å². The number of halogens is 3. The van der Waals surface area contributed by atoms with E-state index in [1.807, 2.05) is 19.9 Å². The van der Waals surface area contributed by atoms with E-state index in [1.54, 1.807) is 17.6 Å². The molecule has 0 aliphatic carbocycles. The van der Waals surface area contributed by atoms with Crippen molar-refractivity contribution in [2.45, 2.75) is 24.8 Å². The summed E-state index contributed by atoms with van der Waals surface area (Å²) in [6.07, 6.45) is -5.15. The van der Waals surface area contributed by atoms with Gasteiger partial charge in [0.25, 0.3) is 0 Å². The Hall–Kier alpha value is -2.26. The molecule has 0 spiro atoms. The summed E-state index contributed by atoms with van der Waals surface area (Å²) in [7, 11) is 0. The van der Waals surface area contributed by atoms with Crippen molar-refractivity contribution in [1.82, 2.24) is 4.98 Å². The lowest BCUT2D eigenvalue weighted by atomic mass is 10.1. The fourth-order valence-electron chi connectivity index (χ4n) is 2.53. The Labute approximate surface area is 169 Å². The molecule has 4 nitrogen and oxygen atoms in total. The molecule has 1 aromatic heterocycles. The lowest BCUT2D eigenvalue weighted by Gasteiger charge is -2.28. The van der Waals surface area contributed by atoms with Crippen LogP contribution in [0, 0.1) is 0 Å². The number of thiazole rings is 1. The van der Waals surface area contributed by atoms with Gasteiger partial charge >= 0.3 is 12.3 Å². The number of nitrogens with zero attached hydrogens (tertiary/aromatic N) is 2. The van der Waals surface area contributed by atoms with E-state index in [-0.39, 0.29) is 12.3 Å². The highest BCUT2D eigenvalue weighted by atomic mass is 32.1. The first kappa shape index (κ1) is 20.5. The Bertz CT molecular complexity index is 979. The third-order valence-electron chi connectivity index (χ3n) is 3.78. The van der Waals surface area contributed by atoms with Gasteiger partial charge in [0.2, 0.25) is 0 Å². The van der Waals surface area contributed by atoms with Crippen LogP contribution in [0.25, 0.3) is 10.2 Å². The molecular weight excluding hydrogens is 409 g/mol. The molecule has 28 heavy (non-hydrogen) atoms. The van der Waals surface area contributed by atoms with Crippen molar-refractivity contribution < 1.29 is 22.7 Å². The number of thiol groups is 1. The molecule has 0 aliphatic rings. The van der Waals surface area contributed by atoms with Gasteiger partial charge in [-0.05, 0) is 56.3 Å². The lowest BCUT2D eigenvalue weighted by molar-refractivity contribution is -0.137. The number of benzene rings is 2. The number of hydrogen-bond acceptors (Lipinski definition) is 5. The van der Waals surface area contributed by atoms with Gasteiger partial charge < -0.3 is 4.74 Å². The third kappa shape index (κ3) is 4.96. The van der Waals surface area contributed by atoms with Crippen molar-refractivity contribution in [1.29, 1.82) is 0 Å². The average Bonchev–Trinajstić information content (AvgIpc) is 3.06. The minimum Gasteiger partial charge on any atom is -0.410 e. The van der Waals surface area contributed by atoms with Crippen LogP contribution in [0.1, 0.15) is 19.4 Å². The van der Waals surface area contributed by atoms with E-state index in [1.165, 1.54) is 16.2 Å². The quantitative estimate of drug-likeness (QED) is 0.518. The minimum absolute atomic E-state index is 0.0267. The molecule has 0 saturated carbocycles. The molecule has 2 aromatic carbocycles. The molecule has 0 aliphatic heterocycles. The van der Waals surface area contributed by atoms with Crippen LogP contribution in [0.4, 0.5) is 23.7 Å². The third-order valence-corrected chi connectivity index (χ3v) is 4.71. The molecule has 3 rings (SSSR count). The SMILES string of the molecule is CC(C)(S)CN(C(=O)Oc1ccc(C(F)(F)F)cc1)c1ccc2ncsc2c1. The number of carbonyl (C=O) groups excluding carboxylic acids is 1. The lowest BCUT2D eigenvalue weighted by Crippen LogP contribution is -2.41. The predicted molar refractivity (Wildman–Crippen MR) is 107 cm³/mol. The first-order valence-corrected chi connectivity index (χ1v) is 9.58. The molecule has 0 bridgehead atoms. The first-order chi connectivity index (χ1) is 13.0. The van der Waals surface area contributed by atoms with Gasteiger partial charge in [-0.3, -0.25) is 4.90 Å². The van der Waals surface area contributed by atoms with Crippen LogP contribution in [0.15, 0.2) is 48.0 Å². The number of amides is 1. The Morgan fingerprint density at radius 2 is 1.86 bits per heavy atom. The summed E-state index contributed by atoms with van der Waals surface area (Å²) in [5.41, 5.74) is 2.31. The van der Waals surface area contributed by atoms with Crippen molar-refractivity contribution in [3.63, 3.8) is 0 Å². The standard InChI is InChI=1S/C19H17F3N2O2S2/c1-18(2,27)10-24(13-5-8-15-16(9-13)28-11-23-15)17(25)26-14-6-3-12(4-7-14)19(20,21)22/h3-9,11,27H,10H2,1-2H3. The largest absolute Gasteiger partial charge is 0.419 e. The second-order valence-corrected chi connectivity index (χ2v) is 8.89. The molecule has 0 N–H and O–H groups in total. The molecule has 3 aromatic rings. The zero-order valence-electron chi connectivity index (χ0n) is 15.0. The van der Waals surface area contributed by atoms with Crippen molar-refractivity contribution in [2.24, 2.45) is 0 Å². The average molecular weight is 426 g/mol. The van der Waals surface area contributed by atoms with Crippen LogP contribution in [0.2, 0.25) is 0 Å². The Morgan fingerprint density at radius 1 is 1.18 bits per heavy atom. The fourth-order valence-corrected chi connectivity index (χ4v) is 3.38. The number of fused-ring (bicyclic) bond motifs is 1. The highest BCUT2D eigenvalue weighted by Crippen LogP contribution is 2.31. The zero-order chi connectivity index (χ0) is 20.5. The Balaban J connectivity index is 1.86. The summed E-state index contributed by atoms with van der Waals surface area (Å²) in [6, 6.07) is 9.35. The van der Waals surface area contributed by atoms with Gasteiger partial charge in [-0.15, -0.1) is 11.3 Å². The van der Waals surface area contributed by atoms with E-state index in [9.17, 15) is 18.0 Å². The predicted octanol–water partition coefficient (Wildman–Crippen LogP) is 6.03. The molecule has 0 fully saturated rings. The van der Waals surface area contributed by atoms with Crippen LogP contribution in [-0.2, 0) is 6.18 Å². The number of hydrogen-bond donors (Lipinski definition) is 1. The van der Waals surface area contributed by atoms with Crippen molar-refractivity contribution in [2.75, 3.05) is 11.4 Å². The van der Waals surface area contributed by atoms with Crippen molar-refractivity contribution in [3.05, 3.63) is 53.5 Å². The first-order valence-electron chi connectivity index (χ1n) is 8.25. The molecular formula is C19H17F3N2O2S2. The highest BCUT2D eigenvalue weighted by molar-refractivity contribution is 7.81. The summed E-state index contributed by atoms with van der Waals surface area (Å²) in [4.78, 5) is 18.4.